The maximum Gasteiger partial charge on any atom is 0.337 e. The third-order valence-corrected chi connectivity index (χ3v) is 6.62. The van der Waals surface area contributed by atoms with E-state index in [-0.39, 0.29) is 11.8 Å². The van der Waals surface area contributed by atoms with Gasteiger partial charge < -0.3 is 25.2 Å². The van der Waals surface area contributed by atoms with Crippen molar-refractivity contribution in [2.45, 2.75) is 0 Å². The van der Waals surface area contributed by atoms with Crippen LogP contribution in [0.4, 0.5) is 17.1 Å². The van der Waals surface area contributed by atoms with Crippen molar-refractivity contribution >= 4 is 56.9 Å². The molecule has 2 heterocycles. The molecule has 10 heteroatoms. The van der Waals surface area contributed by atoms with E-state index in [4.69, 9.17) is 4.74 Å². The Hall–Kier alpha value is -5.09. The number of fused-ring (bicyclic) bond motifs is 2. The van der Waals surface area contributed by atoms with Crippen molar-refractivity contribution in [1.82, 2.24) is 15.1 Å². The van der Waals surface area contributed by atoms with Crippen LogP contribution in [0.2, 0.25) is 0 Å². The van der Waals surface area contributed by atoms with Gasteiger partial charge in [0.2, 0.25) is 5.91 Å². The van der Waals surface area contributed by atoms with Gasteiger partial charge in [-0.25, -0.2) is 4.79 Å². The fraction of sp³-hybridized carbons (Fsp3) is 0.167. The zero-order chi connectivity index (χ0) is 28.4. The lowest BCUT2D eigenvalue weighted by atomic mass is 9.98. The number of ether oxygens (including phenoxy) is 1. The maximum atomic E-state index is 13.4. The molecule has 0 unspecified atom stereocenters. The Labute approximate surface area is 231 Å². The van der Waals surface area contributed by atoms with Gasteiger partial charge in [-0.1, -0.05) is 18.2 Å². The molecule has 0 spiro atoms. The first-order chi connectivity index (χ1) is 19.2. The van der Waals surface area contributed by atoms with Crippen LogP contribution in [0.3, 0.4) is 0 Å². The molecule has 0 bridgehead atoms. The fourth-order valence-electron chi connectivity index (χ4n) is 4.53. The summed E-state index contributed by atoms with van der Waals surface area (Å²) in [4.78, 5) is 41.4. The number of hydrogen-bond donors (Lipinski definition) is 2. The molecule has 0 saturated carbocycles. The number of rotatable bonds is 7. The highest BCUT2D eigenvalue weighted by Gasteiger charge is 2.29. The minimum Gasteiger partial charge on any atom is -0.465 e. The second-order valence-corrected chi connectivity index (χ2v) is 9.65. The highest BCUT2D eigenvalue weighted by molar-refractivity contribution is 6.37. The molecule has 0 saturated heterocycles. The zero-order valence-electron chi connectivity index (χ0n) is 22.6. The van der Waals surface area contributed by atoms with Crippen molar-refractivity contribution in [3.05, 3.63) is 89.7 Å². The number of esters is 1. The predicted octanol–water partition coefficient (Wildman–Crippen LogP) is 3.87. The molecule has 1 aliphatic rings. The first-order valence-electron chi connectivity index (χ1n) is 12.5. The van der Waals surface area contributed by atoms with Crippen LogP contribution in [-0.2, 0) is 14.3 Å². The van der Waals surface area contributed by atoms with Gasteiger partial charge >= 0.3 is 5.97 Å². The van der Waals surface area contributed by atoms with Gasteiger partial charge in [0.05, 0.1) is 48.6 Å². The Morgan fingerprint density at radius 1 is 0.900 bits per heavy atom. The van der Waals surface area contributed by atoms with E-state index >= 15 is 0 Å². The van der Waals surface area contributed by atoms with Crippen LogP contribution in [0, 0.1) is 0 Å². The van der Waals surface area contributed by atoms with Crippen molar-refractivity contribution in [3.63, 3.8) is 0 Å². The second kappa shape index (κ2) is 11.0. The lowest BCUT2D eigenvalue weighted by Crippen LogP contribution is -2.34. The molecule has 10 nitrogen and oxygen atoms in total. The van der Waals surface area contributed by atoms with Gasteiger partial charge in [0.1, 0.15) is 0 Å². The summed E-state index contributed by atoms with van der Waals surface area (Å²) in [5.74, 6) is -0.825. The number of likely N-dealkylation sites (N-methyl/N-ethyl adjacent to an activating group) is 2. The fourth-order valence-corrected chi connectivity index (χ4v) is 4.53. The first kappa shape index (κ1) is 26.5. The lowest BCUT2D eigenvalue weighted by Gasteiger charge is -2.20. The number of carbonyl (C=O) groups is 3. The topological polar surface area (TPSA) is 117 Å². The molecule has 0 aliphatic carbocycles. The number of methoxy groups -OCH3 is 1. The van der Waals surface area contributed by atoms with Crippen LogP contribution in [-0.4, -0.2) is 67.7 Å². The second-order valence-electron chi connectivity index (χ2n) is 9.65. The van der Waals surface area contributed by atoms with E-state index in [0.717, 1.165) is 27.7 Å². The Morgan fingerprint density at radius 2 is 1.60 bits per heavy atom. The Kier molecular flexibility index (Phi) is 7.26. The molecule has 3 aromatic carbocycles. The van der Waals surface area contributed by atoms with E-state index in [0.29, 0.717) is 34.6 Å². The largest absolute Gasteiger partial charge is 0.465 e. The van der Waals surface area contributed by atoms with Crippen molar-refractivity contribution in [3.8, 4) is 0 Å². The van der Waals surface area contributed by atoms with E-state index in [1.807, 2.05) is 61.5 Å². The molecule has 1 aliphatic heterocycles. The third kappa shape index (κ3) is 5.25. The summed E-state index contributed by atoms with van der Waals surface area (Å²) >= 11 is 0. The molecular formula is C30H28N6O4. The van der Waals surface area contributed by atoms with Crippen LogP contribution < -0.4 is 15.5 Å². The number of nitrogens with one attached hydrogen (secondary N) is 2. The van der Waals surface area contributed by atoms with E-state index in [2.05, 4.69) is 20.8 Å². The van der Waals surface area contributed by atoms with Gasteiger partial charge in [-0.3, -0.25) is 9.59 Å². The summed E-state index contributed by atoms with van der Waals surface area (Å²) in [6.45, 7) is 0.297. The SMILES string of the molecule is COC(=O)c1ccc2c(c1)NC(=O)C2=C(Nc1ccc(N(C)C(=O)CN(C)C)cc1)c1ccc2cnncc2c1. The van der Waals surface area contributed by atoms with Gasteiger partial charge in [-0.05, 0) is 62.1 Å². The molecule has 0 radical (unpaired) electrons. The first-order valence-corrected chi connectivity index (χ1v) is 12.5. The van der Waals surface area contributed by atoms with Gasteiger partial charge in [-0.2, -0.15) is 10.2 Å². The van der Waals surface area contributed by atoms with E-state index in [1.54, 1.807) is 42.5 Å². The van der Waals surface area contributed by atoms with Gasteiger partial charge in [0.15, 0.2) is 0 Å². The average Bonchev–Trinajstić information content (AvgIpc) is 3.29. The van der Waals surface area contributed by atoms with Crippen molar-refractivity contribution < 1.29 is 19.1 Å². The summed E-state index contributed by atoms with van der Waals surface area (Å²) < 4.78 is 4.83. The third-order valence-electron chi connectivity index (χ3n) is 6.62. The number of nitrogens with zero attached hydrogens (tertiary/aromatic N) is 4. The molecule has 5 rings (SSSR count). The van der Waals surface area contributed by atoms with Gasteiger partial charge in [0, 0.05) is 34.8 Å². The lowest BCUT2D eigenvalue weighted by molar-refractivity contribution is -0.119. The standard InChI is InChI=1S/C30H28N6O4/c1-35(2)17-26(37)36(3)23-10-8-22(9-11-23)33-28(18-5-6-20-15-31-32-16-21(20)13-18)27-24-12-7-19(30(39)40-4)14-25(24)34-29(27)38/h5-16,33H,17H2,1-4H3,(H,34,38). The monoisotopic (exact) mass is 536 g/mol. The minimum atomic E-state index is -0.488. The van der Waals surface area contributed by atoms with Crippen LogP contribution in [0.15, 0.2) is 73.1 Å². The quantitative estimate of drug-likeness (QED) is 0.270. The van der Waals surface area contributed by atoms with Crippen molar-refractivity contribution in [2.75, 3.05) is 50.3 Å². The van der Waals surface area contributed by atoms with E-state index < -0.39 is 5.97 Å². The molecule has 2 N–H and O–H groups in total. The molecule has 2 amide bonds. The number of aromatic nitrogens is 2. The number of hydrogen-bond acceptors (Lipinski definition) is 8. The zero-order valence-corrected chi connectivity index (χ0v) is 22.6. The average molecular weight is 537 g/mol. The van der Waals surface area contributed by atoms with Crippen LogP contribution in [0.5, 0.6) is 0 Å². The predicted molar refractivity (Wildman–Crippen MR) is 155 cm³/mol. The van der Waals surface area contributed by atoms with Crippen LogP contribution in [0.1, 0.15) is 21.5 Å². The normalized spacial score (nSPS) is 13.6. The van der Waals surface area contributed by atoms with Crippen molar-refractivity contribution in [1.29, 1.82) is 0 Å². The van der Waals surface area contributed by atoms with Crippen LogP contribution in [0.25, 0.3) is 22.0 Å². The summed E-state index contributed by atoms with van der Waals surface area (Å²) in [5.41, 5.74) is 4.74. The highest BCUT2D eigenvalue weighted by Crippen LogP contribution is 2.39. The summed E-state index contributed by atoms with van der Waals surface area (Å²) in [6, 6.07) is 18.2. The van der Waals surface area contributed by atoms with Crippen molar-refractivity contribution in [2.24, 2.45) is 0 Å². The summed E-state index contributed by atoms with van der Waals surface area (Å²) in [7, 11) is 6.75. The highest BCUT2D eigenvalue weighted by atomic mass is 16.5. The van der Waals surface area contributed by atoms with Gasteiger partial charge in [0.25, 0.3) is 5.91 Å². The minimum absolute atomic E-state index is 0.0293. The molecule has 1 aromatic heterocycles. The van der Waals surface area contributed by atoms with Crippen LogP contribution >= 0.6 is 0 Å². The molecule has 4 aromatic rings. The van der Waals surface area contributed by atoms with Gasteiger partial charge in [-0.15, -0.1) is 0 Å². The number of anilines is 3. The number of amides is 2. The molecule has 202 valence electrons. The Morgan fingerprint density at radius 3 is 2.30 bits per heavy atom. The molecule has 0 fully saturated rings. The number of benzene rings is 3. The Bertz CT molecular complexity index is 1660. The van der Waals surface area contributed by atoms with E-state index in [9.17, 15) is 14.4 Å². The molecule has 40 heavy (non-hydrogen) atoms. The number of carbonyl (C=O) groups excluding carboxylic acids is 3. The smallest absolute Gasteiger partial charge is 0.337 e. The Balaban J connectivity index is 1.58. The van der Waals surface area contributed by atoms with E-state index in [1.165, 1.54) is 7.11 Å². The molecular weight excluding hydrogens is 508 g/mol. The summed E-state index contributed by atoms with van der Waals surface area (Å²) in [6.07, 6.45) is 3.35. The maximum absolute atomic E-state index is 13.4. The molecule has 0 atom stereocenters. The summed E-state index contributed by atoms with van der Waals surface area (Å²) in [5, 5.41) is 16.0.